The molecule has 30 heavy (non-hydrogen) atoms. The lowest BCUT2D eigenvalue weighted by molar-refractivity contribution is -0.140. The number of sulfonamides is 1. The predicted octanol–water partition coefficient (Wildman–Crippen LogP) is 2.11. The third kappa shape index (κ3) is 4.19. The molecule has 0 radical (unpaired) electrons. The summed E-state index contributed by atoms with van der Waals surface area (Å²) in [5.41, 5.74) is 0.911. The number of H-pyrrole nitrogens is 1. The summed E-state index contributed by atoms with van der Waals surface area (Å²) in [5, 5.41) is 0. The van der Waals surface area contributed by atoms with Crippen LogP contribution in [0.15, 0.2) is 4.79 Å². The molecule has 1 aliphatic carbocycles. The van der Waals surface area contributed by atoms with Crippen molar-refractivity contribution in [3.8, 4) is 0 Å². The summed E-state index contributed by atoms with van der Waals surface area (Å²) in [6.07, 6.45) is 8.38. The fourth-order valence-corrected chi connectivity index (χ4v) is 6.13. The number of rotatable bonds is 4. The van der Waals surface area contributed by atoms with E-state index in [4.69, 9.17) is 4.98 Å². The maximum absolute atomic E-state index is 13.3. The number of amides is 1. The Labute approximate surface area is 178 Å². The highest BCUT2D eigenvalue weighted by atomic mass is 32.2. The lowest BCUT2D eigenvalue weighted by Crippen LogP contribution is -2.44. The molecule has 0 aromatic carbocycles. The second kappa shape index (κ2) is 8.78. The minimum atomic E-state index is -3.34. The first-order valence-corrected chi connectivity index (χ1v) is 12.9. The summed E-state index contributed by atoms with van der Waals surface area (Å²) in [7, 11) is -3.34. The lowest BCUT2D eigenvalue weighted by atomic mass is 9.87. The van der Waals surface area contributed by atoms with Gasteiger partial charge in [-0.15, -0.1) is 0 Å². The van der Waals surface area contributed by atoms with Crippen LogP contribution in [-0.2, 0) is 27.8 Å². The number of aromatic amines is 1. The van der Waals surface area contributed by atoms with Gasteiger partial charge in [0.25, 0.3) is 5.56 Å². The minimum absolute atomic E-state index is 0.0324. The fourth-order valence-electron chi connectivity index (χ4n) is 5.08. The van der Waals surface area contributed by atoms with Crippen molar-refractivity contribution in [1.82, 2.24) is 19.2 Å². The highest BCUT2D eigenvalue weighted by molar-refractivity contribution is 7.89. The van der Waals surface area contributed by atoms with Gasteiger partial charge in [0.15, 0.2) is 0 Å². The number of likely N-dealkylation sites (tertiary alicyclic amines) is 1. The van der Waals surface area contributed by atoms with Gasteiger partial charge in [-0.05, 0) is 45.4 Å². The Morgan fingerprint density at radius 3 is 2.57 bits per heavy atom. The van der Waals surface area contributed by atoms with Crippen LogP contribution in [0.4, 0.5) is 0 Å². The van der Waals surface area contributed by atoms with E-state index in [1.807, 2.05) is 4.90 Å². The van der Waals surface area contributed by atoms with Crippen molar-refractivity contribution in [1.29, 1.82) is 0 Å². The van der Waals surface area contributed by atoms with Gasteiger partial charge in [-0.1, -0.05) is 19.3 Å². The van der Waals surface area contributed by atoms with Crippen molar-refractivity contribution in [2.75, 3.05) is 18.8 Å². The molecule has 1 amide bonds. The number of hydrogen-bond donors (Lipinski definition) is 1. The number of aromatic nitrogens is 2. The van der Waals surface area contributed by atoms with Gasteiger partial charge >= 0.3 is 0 Å². The number of carbonyl (C=O) groups excluding carboxylic acids is 1. The Kier molecular flexibility index (Phi) is 6.29. The van der Waals surface area contributed by atoms with Gasteiger partial charge in [-0.2, -0.15) is 4.31 Å². The van der Waals surface area contributed by atoms with Crippen LogP contribution < -0.4 is 5.56 Å². The monoisotopic (exact) mass is 436 g/mol. The largest absolute Gasteiger partial charge is 0.332 e. The summed E-state index contributed by atoms with van der Waals surface area (Å²) < 4.78 is 26.0. The molecule has 3 heterocycles. The van der Waals surface area contributed by atoms with Gasteiger partial charge in [-0.25, -0.2) is 13.4 Å². The van der Waals surface area contributed by atoms with Crippen LogP contribution in [0.2, 0.25) is 0 Å². The molecule has 1 saturated carbocycles. The Hall–Kier alpha value is -1.74. The number of fused-ring (bicyclic) bond motifs is 1. The summed E-state index contributed by atoms with van der Waals surface area (Å²) >= 11 is 0. The summed E-state index contributed by atoms with van der Waals surface area (Å²) in [5.74, 6) is 0.812. The quantitative estimate of drug-likeness (QED) is 0.779. The first-order valence-electron chi connectivity index (χ1n) is 11.3. The molecule has 1 aromatic rings. The van der Waals surface area contributed by atoms with E-state index in [1.165, 1.54) is 10.7 Å². The maximum Gasteiger partial charge on any atom is 0.254 e. The van der Waals surface area contributed by atoms with Crippen molar-refractivity contribution in [3.63, 3.8) is 0 Å². The van der Waals surface area contributed by atoms with Crippen molar-refractivity contribution in [3.05, 3.63) is 27.4 Å². The third-order valence-electron chi connectivity index (χ3n) is 6.87. The van der Waals surface area contributed by atoms with Crippen molar-refractivity contribution >= 4 is 15.9 Å². The van der Waals surface area contributed by atoms with Crippen LogP contribution in [0.25, 0.3) is 0 Å². The molecule has 3 aliphatic rings. The first kappa shape index (κ1) is 21.5. The van der Waals surface area contributed by atoms with Crippen LogP contribution in [0, 0.1) is 5.92 Å². The maximum atomic E-state index is 13.3. The highest BCUT2D eigenvalue weighted by Crippen LogP contribution is 2.34. The second-order valence-corrected chi connectivity index (χ2v) is 11.0. The van der Waals surface area contributed by atoms with Crippen LogP contribution in [0.3, 0.4) is 0 Å². The predicted molar refractivity (Wildman–Crippen MR) is 113 cm³/mol. The molecule has 2 aliphatic heterocycles. The second-order valence-electron chi connectivity index (χ2n) is 8.74. The van der Waals surface area contributed by atoms with Crippen LogP contribution >= 0.6 is 0 Å². The molecule has 4 rings (SSSR count). The third-order valence-corrected chi connectivity index (χ3v) is 8.70. The Morgan fingerprint density at radius 1 is 1.10 bits per heavy atom. The molecular weight excluding hydrogens is 404 g/mol. The standard InChI is InChI=1S/C21H32N4O4S/c1-2-30(28,29)24-13-11-16-17(14-24)22-19(23-20(16)26)18-10-6-7-12-25(18)21(27)15-8-4-3-5-9-15/h15,18H,2-14H2,1H3,(H,22,23,26)/t18-/m0/s1. The average molecular weight is 437 g/mol. The van der Waals surface area contributed by atoms with Crippen LogP contribution in [0.1, 0.15) is 81.4 Å². The minimum Gasteiger partial charge on any atom is -0.332 e. The molecule has 2 fully saturated rings. The number of hydrogen-bond acceptors (Lipinski definition) is 5. The topological polar surface area (TPSA) is 103 Å². The molecule has 1 saturated heterocycles. The average Bonchev–Trinajstić information content (AvgIpc) is 2.78. The van der Waals surface area contributed by atoms with E-state index in [0.717, 1.165) is 44.9 Å². The molecule has 1 atom stereocenters. The summed E-state index contributed by atoms with van der Waals surface area (Å²) in [6.45, 7) is 2.75. The van der Waals surface area contributed by atoms with Crippen LogP contribution in [0.5, 0.6) is 0 Å². The van der Waals surface area contributed by atoms with E-state index >= 15 is 0 Å². The summed E-state index contributed by atoms with van der Waals surface area (Å²) in [6, 6.07) is -0.232. The van der Waals surface area contributed by atoms with E-state index in [1.54, 1.807) is 6.92 Å². The lowest BCUT2D eigenvalue weighted by Gasteiger charge is -2.38. The van der Waals surface area contributed by atoms with Gasteiger partial charge in [0.05, 0.1) is 24.0 Å². The number of carbonyl (C=O) groups is 1. The molecule has 0 unspecified atom stereocenters. The van der Waals surface area contributed by atoms with Crippen molar-refractivity contribution in [2.24, 2.45) is 5.92 Å². The zero-order chi connectivity index (χ0) is 21.3. The molecule has 166 valence electrons. The summed E-state index contributed by atoms with van der Waals surface area (Å²) in [4.78, 5) is 35.6. The van der Waals surface area contributed by atoms with Crippen LogP contribution in [-0.4, -0.2) is 52.3 Å². The Balaban J connectivity index is 1.62. The van der Waals surface area contributed by atoms with Gasteiger partial charge in [0.1, 0.15) is 5.82 Å². The van der Waals surface area contributed by atoms with Gasteiger partial charge in [0, 0.05) is 24.6 Å². The highest BCUT2D eigenvalue weighted by Gasteiger charge is 2.35. The first-order chi connectivity index (χ1) is 14.4. The number of nitrogens with zero attached hydrogens (tertiary/aromatic N) is 3. The smallest absolute Gasteiger partial charge is 0.254 e. The molecule has 1 N–H and O–H groups in total. The Bertz CT molecular complexity index is 952. The number of piperidine rings is 1. The molecule has 0 bridgehead atoms. The Morgan fingerprint density at radius 2 is 1.83 bits per heavy atom. The van der Waals surface area contributed by atoms with E-state index < -0.39 is 10.0 Å². The van der Waals surface area contributed by atoms with Gasteiger partial charge < -0.3 is 9.88 Å². The molecule has 0 spiro atoms. The molecular formula is C21H32N4O4S. The molecule has 8 nitrogen and oxygen atoms in total. The zero-order valence-electron chi connectivity index (χ0n) is 17.7. The van der Waals surface area contributed by atoms with Crippen molar-refractivity contribution in [2.45, 2.75) is 77.3 Å². The van der Waals surface area contributed by atoms with Gasteiger partial charge in [-0.3, -0.25) is 9.59 Å². The molecule has 9 heteroatoms. The van der Waals surface area contributed by atoms with E-state index in [0.29, 0.717) is 36.6 Å². The van der Waals surface area contributed by atoms with Gasteiger partial charge in [0.2, 0.25) is 15.9 Å². The fraction of sp³-hybridized carbons (Fsp3) is 0.762. The van der Waals surface area contributed by atoms with E-state index in [2.05, 4.69) is 4.98 Å². The number of nitrogens with one attached hydrogen (secondary N) is 1. The molecule has 1 aromatic heterocycles. The normalized spacial score (nSPS) is 23.9. The zero-order valence-corrected chi connectivity index (χ0v) is 18.5. The van der Waals surface area contributed by atoms with E-state index in [-0.39, 0.29) is 35.7 Å². The SMILES string of the molecule is CCS(=O)(=O)N1CCc2c(nc([C@@H]3CCCCN3C(=O)C3CCCCC3)[nH]c2=O)C1. The van der Waals surface area contributed by atoms with E-state index in [9.17, 15) is 18.0 Å². The van der Waals surface area contributed by atoms with Crippen molar-refractivity contribution < 1.29 is 13.2 Å².